The molecule has 2 aromatic rings. The molecule has 0 aromatic heterocycles. The highest BCUT2D eigenvalue weighted by Crippen LogP contribution is 2.66. The number of thioether (sulfide) groups is 1. The number of carbonyl (C=O) groups is 3. The van der Waals surface area contributed by atoms with Gasteiger partial charge in [-0.1, -0.05) is 44.2 Å². The smallest absolute Gasteiger partial charge is 0.255 e. The second kappa shape index (κ2) is 9.45. The number of hydrogen-bond donors (Lipinski definition) is 2. The van der Waals surface area contributed by atoms with Crippen LogP contribution in [0.2, 0.25) is 0 Å². The van der Waals surface area contributed by atoms with Crippen LogP contribution in [-0.4, -0.2) is 34.2 Å². The highest BCUT2D eigenvalue weighted by molar-refractivity contribution is 7.98. The fourth-order valence-corrected chi connectivity index (χ4v) is 10.6. The molecule has 3 unspecified atom stereocenters. The summed E-state index contributed by atoms with van der Waals surface area (Å²) >= 11 is 1.75. The Morgan fingerprint density at radius 3 is 2.48 bits per heavy atom. The summed E-state index contributed by atoms with van der Waals surface area (Å²) in [6, 6.07) is 14.2. The molecule has 2 N–H and O–H groups in total. The number of fused-ring (bicyclic) bond motifs is 1. The number of benzene rings is 2. The van der Waals surface area contributed by atoms with Crippen LogP contribution < -0.4 is 10.6 Å². The largest absolute Gasteiger partial charge is 0.322 e. The summed E-state index contributed by atoms with van der Waals surface area (Å²) in [5.74, 6) is 0.953. The molecule has 40 heavy (non-hydrogen) atoms. The van der Waals surface area contributed by atoms with Crippen LogP contribution in [-0.2, 0) is 28.4 Å². The van der Waals surface area contributed by atoms with Crippen LogP contribution in [0, 0.1) is 16.7 Å². The lowest BCUT2D eigenvalue weighted by atomic mass is 9.43. The molecule has 1 saturated heterocycles. The van der Waals surface area contributed by atoms with Crippen molar-refractivity contribution < 1.29 is 14.4 Å². The van der Waals surface area contributed by atoms with Gasteiger partial charge in [-0.05, 0) is 90.5 Å². The molecule has 2 aliphatic heterocycles. The molecule has 3 amide bonds. The highest BCUT2D eigenvalue weighted by Gasteiger charge is 2.59. The summed E-state index contributed by atoms with van der Waals surface area (Å²) in [4.78, 5) is 39.9. The van der Waals surface area contributed by atoms with Crippen molar-refractivity contribution in [2.45, 2.75) is 101 Å². The predicted octanol–water partition coefficient (Wildman–Crippen LogP) is 5.58. The Morgan fingerprint density at radius 1 is 0.975 bits per heavy atom. The van der Waals surface area contributed by atoms with Crippen LogP contribution in [0.15, 0.2) is 47.4 Å². The Bertz CT molecular complexity index is 1390. The minimum atomic E-state index is -0.584. The van der Waals surface area contributed by atoms with E-state index in [1.165, 1.54) is 49.7 Å². The summed E-state index contributed by atoms with van der Waals surface area (Å²) in [5, 5.41) is 6.46. The van der Waals surface area contributed by atoms with Gasteiger partial charge in [-0.2, -0.15) is 0 Å². The zero-order chi connectivity index (χ0) is 27.7. The average molecular weight is 558 g/mol. The van der Waals surface area contributed by atoms with Crippen LogP contribution in [0.25, 0.3) is 0 Å². The molecule has 8 rings (SSSR count). The van der Waals surface area contributed by atoms with Crippen LogP contribution in [0.1, 0.15) is 92.3 Å². The first-order valence-corrected chi connectivity index (χ1v) is 15.8. The van der Waals surface area contributed by atoms with Gasteiger partial charge in [0.25, 0.3) is 5.91 Å². The second-order valence-electron chi connectivity index (χ2n) is 14.1. The number of nitrogens with zero attached hydrogens (tertiary/aromatic N) is 1. The Morgan fingerprint density at radius 2 is 1.73 bits per heavy atom. The van der Waals surface area contributed by atoms with Crippen molar-refractivity contribution in [3.8, 4) is 0 Å². The molecule has 2 heterocycles. The first-order chi connectivity index (χ1) is 19.1. The maximum atomic E-state index is 13.2. The molecule has 5 fully saturated rings. The van der Waals surface area contributed by atoms with E-state index in [-0.39, 0.29) is 24.1 Å². The number of piperidine rings is 1. The van der Waals surface area contributed by atoms with E-state index in [9.17, 15) is 14.4 Å². The monoisotopic (exact) mass is 557 g/mol. The maximum Gasteiger partial charge on any atom is 0.255 e. The van der Waals surface area contributed by atoms with Crippen molar-refractivity contribution in [2.75, 3.05) is 0 Å². The summed E-state index contributed by atoms with van der Waals surface area (Å²) in [7, 11) is 0. The molecule has 6 nitrogen and oxygen atoms in total. The minimum Gasteiger partial charge on any atom is -0.322 e. The number of carbonyl (C=O) groups excluding carboxylic acids is 3. The first-order valence-electron chi connectivity index (χ1n) is 14.8. The summed E-state index contributed by atoms with van der Waals surface area (Å²) in [6.07, 6.45) is 8.84. The zero-order valence-corrected chi connectivity index (χ0v) is 24.4. The fraction of sp³-hybridized carbons (Fsp3) is 0.545. The normalized spacial score (nSPS) is 34.4. The molecule has 4 bridgehead atoms. The topological polar surface area (TPSA) is 78.5 Å². The molecule has 2 aromatic carbocycles. The molecule has 0 spiro atoms. The number of amides is 3. The van der Waals surface area contributed by atoms with Crippen molar-refractivity contribution in [3.05, 3.63) is 64.7 Å². The third kappa shape index (κ3) is 4.69. The second-order valence-corrected chi connectivity index (χ2v) is 15.1. The van der Waals surface area contributed by atoms with Crippen LogP contribution in [0.4, 0.5) is 0 Å². The lowest BCUT2D eigenvalue weighted by Gasteiger charge is -2.65. The number of nitrogens with one attached hydrogen (secondary N) is 2. The van der Waals surface area contributed by atoms with Gasteiger partial charge in [-0.3, -0.25) is 19.7 Å². The van der Waals surface area contributed by atoms with E-state index in [0.29, 0.717) is 34.9 Å². The quantitative estimate of drug-likeness (QED) is 0.343. The summed E-state index contributed by atoms with van der Waals surface area (Å²) in [5.41, 5.74) is 5.57. The van der Waals surface area contributed by atoms with E-state index < -0.39 is 6.04 Å². The maximum absolute atomic E-state index is 13.2. The molecule has 6 aliphatic rings. The van der Waals surface area contributed by atoms with Crippen molar-refractivity contribution in [1.82, 2.24) is 15.5 Å². The predicted molar refractivity (Wildman–Crippen MR) is 155 cm³/mol. The van der Waals surface area contributed by atoms with E-state index in [2.05, 4.69) is 54.8 Å². The number of imide groups is 1. The van der Waals surface area contributed by atoms with Gasteiger partial charge >= 0.3 is 0 Å². The molecule has 210 valence electrons. The van der Waals surface area contributed by atoms with Gasteiger partial charge in [0, 0.05) is 41.3 Å². The van der Waals surface area contributed by atoms with Gasteiger partial charge in [-0.15, -0.1) is 11.8 Å². The lowest BCUT2D eigenvalue weighted by molar-refractivity contribution is -0.136. The van der Waals surface area contributed by atoms with Crippen molar-refractivity contribution in [1.29, 1.82) is 0 Å². The third-order valence-corrected chi connectivity index (χ3v) is 11.4. The minimum absolute atomic E-state index is 0.118. The molecular formula is C33H39N3O3S. The number of hydrogen-bond acceptors (Lipinski definition) is 5. The highest BCUT2D eigenvalue weighted by atomic mass is 32.2. The molecule has 4 aliphatic carbocycles. The van der Waals surface area contributed by atoms with Gasteiger partial charge in [-0.25, -0.2) is 0 Å². The molecular weight excluding hydrogens is 518 g/mol. The Hall–Kier alpha value is -2.64. The number of rotatable bonds is 7. The van der Waals surface area contributed by atoms with E-state index in [0.717, 1.165) is 28.7 Å². The Labute approximate surface area is 241 Å². The first kappa shape index (κ1) is 26.3. The van der Waals surface area contributed by atoms with Crippen LogP contribution in [0.5, 0.6) is 0 Å². The zero-order valence-electron chi connectivity index (χ0n) is 23.6. The molecule has 7 heteroatoms. The molecule has 4 saturated carbocycles. The van der Waals surface area contributed by atoms with Crippen molar-refractivity contribution in [3.63, 3.8) is 0 Å². The fourth-order valence-electron chi connectivity index (χ4n) is 9.62. The van der Waals surface area contributed by atoms with E-state index in [4.69, 9.17) is 0 Å². The SMILES string of the molecule is CC12CC3CC(C)(C1)CC(NCc1cccc(CSc4cccc5c4CN(C4CCC(=O)NC4=O)C5=O)c1)(C3)C2. The van der Waals surface area contributed by atoms with Gasteiger partial charge in [0.1, 0.15) is 6.04 Å². The van der Waals surface area contributed by atoms with E-state index in [1.54, 1.807) is 16.7 Å². The van der Waals surface area contributed by atoms with Crippen LogP contribution >= 0.6 is 11.8 Å². The van der Waals surface area contributed by atoms with E-state index >= 15 is 0 Å². The van der Waals surface area contributed by atoms with Crippen molar-refractivity contribution >= 4 is 29.5 Å². The standard InChI is InChI=1S/C33H39N3O3S/c1-31-12-23-13-32(2,18-31)20-33(14-23,19-31)34-15-21-5-3-6-22(11-21)17-40-27-8-4-7-24-25(27)16-36(30(24)39)26-9-10-28(37)35-29(26)38/h3-8,11,23,26,34H,9-10,12-20H2,1-2H3,(H,35,37,38). The van der Waals surface area contributed by atoms with Crippen molar-refractivity contribution in [2.24, 2.45) is 16.7 Å². The van der Waals surface area contributed by atoms with Gasteiger partial charge < -0.3 is 10.2 Å². The van der Waals surface area contributed by atoms with Gasteiger partial charge in [0.05, 0.1) is 0 Å². The molecule has 0 radical (unpaired) electrons. The Kier molecular flexibility index (Phi) is 6.21. The molecule has 3 atom stereocenters. The van der Waals surface area contributed by atoms with Gasteiger partial charge in [0.2, 0.25) is 11.8 Å². The summed E-state index contributed by atoms with van der Waals surface area (Å²) < 4.78 is 0. The third-order valence-electron chi connectivity index (χ3n) is 10.2. The summed E-state index contributed by atoms with van der Waals surface area (Å²) in [6.45, 7) is 6.38. The Balaban J connectivity index is 1.01. The van der Waals surface area contributed by atoms with E-state index in [1.807, 2.05) is 12.1 Å². The lowest BCUT2D eigenvalue weighted by Crippen LogP contribution is -2.63. The average Bonchev–Trinajstić information content (AvgIpc) is 3.21. The van der Waals surface area contributed by atoms with Crippen LogP contribution in [0.3, 0.4) is 0 Å². The van der Waals surface area contributed by atoms with Gasteiger partial charge in [0.15, 0.2) is 0 Å².